The summed E-state index contributed by atoms with van der Waals surface area (Å²) < 4.78 is 6.00. The molecule has 0 radical (unpaired) electrons. The van der Waals surface area contributed by atoms with Crippen LogP contribution in [0.15, 0.2) is 42.5 Å². The summed E-state index contributed by atoms with van der Waals surface area (Å²) in [4.78, 5) is 4.81. The second kappa shape index (κ2) is 8.29. The van der Waals surface area contributed by atoms with Crippen LogP contribution in [-0.2, 0) is 0 Å². The molecule has 0 aromatic heterocycles. The van der Waals surface area contributed by atoms with E-state index in [4.69, 9.17) is 9.84 Å². The van der Waals surface area contributed by atoms with Crippen molar-refractivity contribution < 1.29 is 9.84 Å². The lowest BCUT2D eigenvalue weighted by Crippen LogP contribution is -2.47. The molecule has 2 aromatic carbocycles. The van der Waals surface area contributed by atoms with E-state index in [0.717, 1.165) is 58.0 Å². The van der Waals surface area contributed by atoms with Gasteiger partial charge in [-0.15, -0.1) is 0 Å². The Hall–Kier alpha value is -1.62. The number of aliphatic hydroxyl groups excluding tert-OH is 1. The van der Waals surface area contributed by atoms with E-state index in [1.807, 2.05) is 0 Å². The van der Waals surface area contributed by atoms with E-state index >= 15 is 0 Å². The maximum Gasteiger partial charge on any atom is 0.127 e. The summed E-state index contributed by atoms with van der Waals surface area (Å²) in [6, 6.07) is 14.6. The summed E-state index contributed by atoms with van der Waals surface area (Å²) in [5, 5.41) is 11.4. The number of hydrogen-bond donors (Lipinski definition) is 1. The number of benzene rings is 2. The van der Waals surface area contributed by atoms with Crippen molar-refractivity contribution in [3.63, 3.8) is 0 Å². The largest absolute Gasteiger partial charge is 0.493 e. The van der Waals surface area contributed by atoms with Crippen LogP contribution in [0, 0.1) is 0 Å². The Morgan fingerprint density at radius 1 is 0.870 bits per heavy atom. The number of hydrogen-bond acceptors (Lipinski definition) is 4. The molecule has 0 bridgehead atoms. The third-order valence-electron chi connectivity index (χ3n) is 4.51. The summed E-state index contributed by atoms with van der Waals surface area (Å²) in [5.41, 5.74) is 0. The fourth-order valence-corrected chi connectivity index (χ4v) is 3.17. The maximum absolute atomic E-state index is 8.97. The number of nitrogens with zero attached hydrogens (tertiary/aromatic N) is 2. The molecule has 0 aliphatic carbocycles. The van der Waals surface area contributed by atoms with E-state index < -0.39 is 0 Å². The van der Waals surface area contributed by atoms with Crippen LogP contribution < -0.4 is 4.74 Å². The number of rotatable bonds is 7. The zero-order valence-electron chi connectivity index (χ0n) is 13.7. The molecule has 0 unspecified atom stereocenters. The van der Waals surface area contributed by atoms with Crippen molar-refractivity contribution in [2.45, 2.75) is 6.42 Å². The van der Waals surface area contributed by atoms with Crippen LogP contribution in [0.4, 0.5) is 0 Å². The molecule has 0 amide bonds. The van der Waals surface area contributed by atoms with E-state index in [0.29, 0.717) is 0 Å². The Kier molecular flexibility index (Phi) is 5.86. The fourth-order valence-electron chi connectivity index (χ4n) is 3.17. The smallest absolute Gasteiger partial charge is 0.127 e. The summed E-state index contributed by atoms with van der Waals surface area (Å²) >= 11 is 0. The zero-order chi connectivity index (χ0) is 15.9. The lowest BCUT2D eigenvalue weighted by atomic mass is 10.1. The molecular formula is C19H26N2O2. The zero-order valence-corrected chi connectivity index (χ0v) is 13.7. The molecule has 124 valence electrons. The van der Waals surface area contributed by atoms with E-state index in [2.05, 4.69) is 52.3 Å². The van der Waals surface area contributed by atoms with Gasteiger partial charge in [0, 0.05) is 44.7 Å². The minimum atomic E-state index is 0.263. The van der Waals surface area contributed by atoms with Gasteiger partial charge in [0.25, 0.3) is 0 Å². The Morgan fingerprint density at radius 3 is 2.35 bits per heavy atom. The molecule has 1 aliphatic heterocycles. The second-order valence-corrected chi connectivity index (χ2v) is 6.09. The van der Waals surface area contributed by atoms with Crippen LogP contribution in [0.1, 0.15) is 6.42 Å². The van der Waals surface area contributed by atoms with Crippen molar-refractivity contribution in [3.8, 4) is 5.75 Å². The topological polar surface area (TPSA) is 35.9 Å². The normalized spacial score (nSPS) is 16.7. The first-order valence-corrected chi connectivity index (χ1v) is 8.53. The molecule has 1 aliphatic rings. The molecule has 1 fully saturated rings. The van der Waals surface area contributed by atoms with Gasteiger partial charge in [-0.3, -0.25) is 4.90 Å². The van der Waals surface area contributed by atoms with Gasteiger partial charge in [0.15, 0.2) is 0 Å². The summed E-state index contributed by atoms with van der Waals surface area (Å²) in [7, 11) is 0. The standard InChI is InChI=1S/C19H26N2O2/c22-15-14-21-12-10-20(11-13-21)9-4-16-23-19-8-3-6-17-5-1-2-7-18(17)19/h1-3,5-8,22H,4,9-16H2. The predicted octanol–water partition coefficient (Wildman–Crippen LogP) is 2.22. The molecule has 3 rings (SSSR count). The lowest BCUT2D eigenvalue weighted by Gasteiger charge is -2.34. The molecule has 23 heavy (non-hydrogen) atoms. The van der Waals surface area contributed by atoms with Crippen LogP contribution in [0.2, 0.25) is 0 Å². The first-order chi connectivity index (χ1) is 11.4. The third-order valence-corrected chi connectivity index (χ3v) is 4.51. The number of aliphatic hydroxyl groups is 1. The molecular weight excluding hydrogens is 288 g/mol. The van der Waals surface area contributed by atoms with Crippen molar-refractivity contribution in [2.24, 2.45) is 0 Å². The van der Waals surface area contributed by atoms with Crippen molar-refractivity contribution in [1.29, 1.82) is 0 Å². The van der Waals surface area contributed by atoms with Gasteiger partial charge in [-0.05, 0) is 17.9 Å². The average molecular weight is 314 g/mol. The highest BCUT2D eigenvalue weighted by atomic mass is 16.5. The monoisotopic (exact) mass is 314 g/mol. The number of β-amino-alcohol motifs (C(OH)–C–C–N with tert-alkyl or cyclic N) is 1. The quantitative estimate of drug-likeness (QED) is 0.795. The average Bonchev–Trinajstić information content (AvgIpc) is 2.60. The van der Waals surface area contributed by atoms with Crippen molar-refractivity contribution >= 4 is 10.8 Å². The SMILES string of the molecule is OCCN1CCN(CCCOc2cccc3ccccc23)CC1. The van der Waals surface area contributed by atoms with E-state index in [1.54, 1.807) is 0 Å². The highest BCUT2D eigenvalue weighted by Gasteiger charge is 2.15. The van der Waals surface area contributed by atoms with Gasteiger partial charge in [0.1, 0.15) is 5.75 Å². The summed E-state index contributed by atoms with van der Waals surface area (Å²) in [6.45, 7) is 7.21. The van der Waals surface area contributed by atoms with Gasteiger partial charge in [-0.2, -0.15) is 0 Å². The molecule has 0 spiro atoms. The fraction of sp³-hybridized carbons (Fsp3) is 0.474. The van der Waals surface area contributed by atoms with E-state index in [9.17, 15) is 0 Å². The molecule has 4 heteroatoms. The summed E-state index contributed by atoms with van der Waals surface area (Å²) in [6.07, 6.45) is 1.04. The minimum Gasteiger partial charge on any atom is -0.493 e. The van der Waals surface area contributed by atoms with E-state index in [1.165, 1.54) is 10.8 Å². The molecule has 4 nitrogen and oxygen atoms in total. The maximum atomic E-state index is 8.97. The van der Waals surface area contributed by atoms with Crippen LogP contribution in [-0.4, -0.2) is 67.4 Å². The molecule has 1 heterocycles. The third kappa shape index (κ3) is 4.44. The first kappa shape index (κ1) is 16.2. The van der Waals surface area contributed by atoms with Crippen LogP contribution in [0.5, 0.6) is 5.75 Å². The van der Waals surface area contributed by atoms with Crippen LogP contribution in [0.25, 0.3) is 10.8 Å². The molecule has 0 saturated carbocycles. The van der Waals surface area contributed by atoms with Gasteiger partial charge < -0.3 is 14.7 Å². The molecule has 2 aromatic rings. The van der Waals surface area contributed by atoms with Gasteiger partial charge in [0.2, 0.25) is 0 Å². The van der Waals surface area contributed by atoms with Gasteiger partial charge in [0.05, 0.1) is 13.2 Å². The number of piperazine rings is 1. The Bertz CT molecular complexity index is 604. The van der Waals surface area contributed by atoms with Crippen LogP contribution >= 0.6 is 0 Å². The van der Waals surface area contributed by atoms with Gasteiger partial charge in [-0.25, -0.2) is 0 Å². The Morgan fingerprint density at radius 2 is 1.57 bits per heavy atom. The summed E-state index contributed by atoms with van der Waals surface area (Å²) in [5.74, 6) is 0.982. The van der Waals surface area contributed by atoms with Crippen molar-refractivity contribution in [1.82, 2.24) is 9.80 Å². The van der Waals surface area contributed by atoms with Crippen LogP contribution in [0.3, 0.4) is 0 Å². The first-order valence-electron chi connectivity index (χ1n) is 8.53. The minimum absolute atomic E-state index is 0.263. The number of ether oxygens (including phenoxy) is 1. The Balaban J connectivity index is 1.42. The second-order valence-electron chi connectivity index (χ2n) is 6.09. The molecule has 1 saturated heterocycles. The van der Waals surface area contributed by atoms with Crippen molar-refractivity contribution in [2.75, 3.05) is 52.5 Å². The Labute approximate surface area is 138 Å². The highest BCUT2D eigenvalue weighted by Crippen LogP contribution is 2.25. The lowest BCUT2D eigenvalue weighted by molar-refractivity contribution is 0.108. The molecule has 0 atom stereocenters. The van der Waals surface area contributed by atoms with Gasteiger partial charge >= 0.3 is 0 Å². The van der Waals surface area contributed by atoms with Crippen molar-refractivity contribution in [3.05, 3.63) is 42.5 Å². The number of fused-ring (bicyclic) bond motifs is 1. The van der Waals surface area contributed by atoms with Gasteiger partial charge in [-0.1, -0.05) is 36.4 Å². The highest BCUT2D eigenvalue weighted by molar-refractivity contribution is 5.88. The molecule has 1 N–H and O–H groups in total. The van der Waals surface area contributed by atoms with E-state index in [-0.39, 0.29) is 6.61 Å². The predicted molar refractivity (Wildman–Crippen MR) is 94.0 cm³/mol.